The van der Waals surface area contributed by atoms with Crippen molar-refractivity contribution in [3.8, 4) is 34.5 Å². The zero-order chi connectivity index (χ0) is 51.5. The van der Waals surface area contributed by atoms with Gasteiger partial charge >= 0.3 is 68.6 Å². The number of rotatable bonds is 21. The van der Waals surface area contributed by atoms with Gasteiger partial charge in [-0.25, -0.2) is 28.3 Å². The molecule has 2 unspecified atom stereocenters. The molecule has 2 aliphatic heterocycles. The van der Waals surface area contributed by atoms with Crippen molar-refractivity contribution >= 4 is 39.1 Å². The number of fused-ring (bicyclic) bond motifs is 2. The number of aromatic hydroxyl groups is 2. The van der Waals surface area contributed by atoms with E-state index in [2.05, 4.69) is 0 Å². The first-order chi connectivity index (χ1) is 33.2. The predicted octanol–water partition coefficient (Wildman–Crippen LogP) is 6.57. The van der Waals surface area contributed by atoms with Crippen LogP contribution in [-0.2, 0) is 68.0 Å². The standard InChI is InChI=1S/C26H31O9P.C24H27O9P.Na.H2O/c1-6-32-25(28)18(4)34-36(30,35-19-10-8-7-9-11-19)15-16(2)12-13-20-23(27)22-21(14-33-26(22)29)17(3)24(20)31-5;1-14(13-34(29,32-16(3)23(26)27)33-17-8-6-5-7-9-17)10-11-18-21(25)20-19(12-31-24(20)28)15(2)22(18)30-4;;/h7-12,18,27H,6,13-15H2,1-5H3;5-10,16,25H,11-13H2,1-4H3,(H,26,27);;1H2/q;;+1;/p-1/b16-12+;14-10+;;/t18-,36?;16-,34?;;/m00../s1. The number of hydrogen-bond donors (Lipinski definition) is 3. The van der Waals surface area contributed by atoms with E-state index in [4.69, 9.17) is 41.8 Å². The van der Waals surface area contributed by atoms with Gasteiger partial charge in [0.2, 0.25) is 0 Å². The predicted molar refractivity (Wildman–Crippen MR) is 258 cm³/mol. The second-order valence-corrected chi connectivity index (χ2v) is 20.1. The summed E-state index contributed by atoms with van der Waals surface area (Å²) in [6.45, 7) is 11.7. The molecule has 0 bridgehead atoms. The van der Waals surface area contributed by atoms with E-state index in [1.54, 1.807) is 107 Å². The van der Waals surface area contributed by atoms with Crippen molar-refractivity contribution in [1.29, 1.82) is 0 Å². The Labute approximate surface area is 440 Å². The summed E-state index contributed by atoms with van der Waals surface area (Å²) in [6.07, 6.45) is 1.000. The smallest absolute Gasteiger partial charge is 0.870 e. The van der Waals surface area contributed by atoms with Crippen LogP contribution in [0.5, 0.6) is 34.5 Å². The molecular weight excluding hydrogens is 989 g/mol. The van der Waals surface area contributed by atoms with E-state index in [0.29, 0.717) is 61.8 Å². The number of aliphatic carboxylic acids is 1. The van der Waals surface area contributed by atoms with Crippen LogP contribution in [-0.4, -0.2) is 90.0 Å². The Morgan fingerprint density at radius 1 is 0.694 bits per heavy atom. The minimum atomic E-state index is -3.91. The number of carboxylic acid groups (broad SMARTS) is 1. The number of cyclic esters (lactones) is 2. The van der Waals surface area contributed by atoms with Crippen molar-refractivity contribution in [3.05, 3.63) is 128 Å². The third-order valence-electron chi connectivity index (χ3n) is 11.1. The number of carbonyl (C=O) groups is 4. The Morgan fingerprint density at radius 3 is 1.42 bits per heavy atom. The number of benzene rings is 4. The van der Waals surface area contributed by atoms with Gasteiger partial charge in [-0.05, 0) is 96.7 Å². The first kappa shape index (κ1) is 60.7. The molecule has 0 aliphatic carbocycles. The van der Waals surface area contributed by atoms with E-state index < -0.39 is 51.3 Å². The van der Waals surface area contributed by atoms with E-state index in [0.717, 1.165) is 0 Å². The van der Waals surface area contributed by atoms with Crippen molar-refractivity contribution in [2.75, 3.05) is 33.2 Å². The molecule has 0 amide bonds. The van der Waals surface area contributed by atoms with Gasteiger partial charge in [-0.2, -0.15) is 0 Å². The van der Waals surface area contributed by atoms with Gasteiger partial charge in [0, 0.05) is 22.3 Å². The van der Waals surface area contributed by atoms with Crippen molar-refractivity contribution in [2.24, 2.45) is 0 Å². The fourth-order valence-electron chi connectivity index (χ4n) is 7.64. The molecule has 2 aliphatic rings. The molecule has 2 heterocycles. The van der Waals surface area contributed by atoms with Gasteiger partial charge in [-0.15, -0.1) is 0 Å². The van der Waals surface area contributed by atoms with Gasteiger partial charge in [0.1, 0.15) is 58.8 Å². The maximum Gasteiger partial charge on any atom is 1.00 e. The maximum atomic E-state index is 13.7. The van der Waals surface area contributed by atoms with Crippen molar-refractivity contribution in [2.45, 2.75) is 86.7 Å². The Bertz CT molecular complexity index is 2760. The zero-order valence-electron chi connectivity index (χ0n) is 41.8. The number of carbonyl (C=O) groups excluding carboxylic acids is 3. The number of esters is 3. The summed E-state index contributed by atoms with van der Waals surface area (Å²) in [4.78, 5) is 47.6. The van der Waals surface area contributed by atoms with Crippen LogP contribution >= 0.6 is 15.2 Å². The third kappa shape index (κ3) is 15.0. The van der Waals surface area contributed by atoms with Crippen LogP contribution in [0, 0.1) is 13.8 Å². The van der Waals surface area contributed by atoms with Crippen molar-refractivity contribution < 1.29 is 120 Å². The maximum absolute atomic E-state index is 13.7. The van der Waals surface area contributed by atoms with Gasteiger partial charge in [0.15, 0.2) is 12.2 Å². The fourth-order valence-corrected chi connectivity index (χ4v) is 11.5. The summed E-state index contributed by atoms with van der Waals surface area (Å²) in [5.74, 6) is -2.03. The summed E-state index contributed by atoms with van der Waals surface area (Å²) in [5, 5.41) is 30.8. The van der Waals surface area contributed by atoms with Crippen LogP contribution in [0.25, 0.3) is 0 Å². The van der Waals surface area contributed by atoms with E-state index >= 15 is 0 Å². The average molecular weight is 1050 g/mol. The van der Waals surface area contributed by atoms with Crippen LogP contribution in [0.1, 0.15) is 88.7 Å². The first-order valence-electron chi connectivity index (χ1n) is 22.1. The van der Waals surface area contributed by atoms with Gasteiger partial charge in [0.05, 0.1) is 33.2 Å². The molecule has 4 N–H and O–H groups in total. The number of allylic oxidation sites excluding steroid dienone is 4. The van der Waals surface area contributed by atoms with E-state index in [1.807, 2.05) is 0 Å². The molecule has 4 aromatic carbocycles. The number of carboxylic acids is 1. The van der Waals surface area contributed by atoms with Gasteiger partial charge in [-0.1, -0.05) is 59.7 Å². The van der Waals surface area contributed by atoms with Crippen LogP contribution < -0.4 is 48.1 Å². The quantitative estimate of drug-likeness (QED) is 0.0262. The Morgan fingerprint density at radius 2 is 1.07 bits per heavy atom. The molecule has 384 valence electrons. The SMILES string of the molecule is CCOC(=O)[C@H](C)OP(=O)(C/C(C)=C/Cc1c(O)c2c(c(C)c1OC)COC2=O)Oc1ccccc1.COc1c(C)c2c(c(O)c1C/C=C(\C)CP(=O)(Oc1ccccc1)O[C@@H](C)C(=O)O)C(=O)OC2.[Na+].[OH-]. The molecule has 22 heteroatoms. The number of methoxy groups -OCH3 is 2. The van der Waals surface area contributed by atoms with Crippen LogP contribution in [0.2, 0.25) is 0 Å². The van der Waals surface area contributed by atoms with Gasteiger partial charge in [0.25, 0.3) is 0 Å². The van der Waals surface area contributed by atoms with Crippen LogP contribution in [0.3, 0.4) is 0 Å². The van der Waals surface area contributed by atoms with E-state index in [-0.39, 0.29) is 108 Å². The third-order valence-corrected chi connectivity index (χ3v) is 15.1. The molecule has 4 atom stereocenters. The molecule has 0 saturated heterocycles. The normalized spacial score (nSPS) is 15.2. The second-order valence-electron chi connectivity index (χ2n) is 16.3. The molecule has 4 aromatic rings. The summed E-state index contributed by atoms with van der Waals surface area (Å²) < 4.78 is 75.6. The van der Waals surface area contributed by atoms with Gasteiger partial charge < -0.3 is 53.5 Å². The summed E-state index contributed by atoms with van der Waals surface area (Å²) >= 11 is 0. The molecule has 0 fully saturated rings. The number of para-hydroxylation sites is 2. The zero-order valence-corrected chi connectivity index (χ0v) is 45.6. The van der Waals surface area contributed by atoms with E-state index in [9.17, 15) is 43.6 Å². The number of ether oxygens (including phenoxy) is 5. The molecule has 19 nitrogen and oxygen atoms in total. The largest absolute Gasteiger partial charge is 1.00 e. The van der Waals surface area contributed by atoms with E-state index in [1.165, 1.54) is 28.1 Å². The number of hydrogen-bond acceptors (Lipinski definition) is 18. The molecule has 0 aromatic heterocycles. The van der Waals surface area contributed by atoms with Crippen LogP contribution in [0.15, 0.2) is 84.0 Å². The Kier molecular flexibility index (Phi) is 22.7. The minimum absolute atomic E-state index is 0. The van der Waals surface area contributed by atoms with Gasteiger partial charge in [-0.3, -0.25) is 9.05 Å². The second kappa shape index (κ2) is 26.9. The molecule has 72 heavy (non-hydrogen) atoms. The van der Waals surface area contributed by atoms with Crippen molar-refractivity contribution in [3.63, 3.8) is 0 Å². The van der Waals surface area contributed by atoms with Crippen molar-refractivity contribution in [1.82, 2.24) is 0 Å². The Balaban J connectivity index is 0.000000371. The first-order valence-corrected chi connectivity index (χ1v) is 25.5. The summed E-state index contributed by atoms with van der Waals surface area (Å²) in [5.41, 5.74) is 4.83. The number of phenols is 2. The number of phenolic OH excluding ortho intramolecular Hbond substituents is 2. The monoisotopic (exact) mass is 1050 g/mol. The molecule has 0 radical (unpaired) electrons. The molecular formula is C50H59NaO19P2. The molecule has 0 spiro atoms. The molecule has 0 saturated carbocycles. The topological polar surface area (TPSA) is 276 Å². The fraction of sp³-hybridized carbons (Fsp3) is 0.360. The van der Waals surface area contributed by atoms with Crippen LogP contribution in [0.4, 0.5) is 0 Å². The summed E-state index contributed by atoms with van der Waals surface area (Å²) in [6, 6.07) is 16.9. The molecule has 6 rings (SSSR count). The average Bonchev–Trinajstić information content (AvgIpc) is 3.91. The summed E-state index contributed by atoms with van der Waals surface area (Å²) in [7, 11) is -4.81. The Hall–Kier alpha value is -5.62. The minimum Gasteiger partial charge on any atom is -0.870 e.